The first kappa shape index (κ1) is 19.9. The second-order valence-corrected chi connectivity index (χ2v) is 6.68. The van der Waals surface area contributed by atoms with Crippen LogP contribution in [0.15, 0.2) is 48.3 Å². The molecule has 0 saturated carbocycles. The molecule has 2 aromatic heterocycles. The number of hydrogen-bond donors (Lipinski definition) is 3. The van der Waals surface area contributed by atoms with Crippen molar-refractivity contribution in [2.24, 2.45) is 0 Å². The fraction of sp³-hybridized carbons (Fsp3) is 0.100. The van der Waals surface area contributed by atoms with Gasteiger partial charge in [0, 0.05) is 11.4 Å². The number of pyridine rings is 1. The van der Waals surface area contributed by atoms with Gasteiger partial charge in [-0.3, -0.25) is 9.36 Å². The summed E-state index contributed by atoms with van der Waals surface area (Å²) in [5, 5.41) is 13.9. The molecule has 29 heavy (non-hydrogen) atoms. The van der Waals surface area contributed by atoms with Gasteiger partial charge < -0.3 is 16.8 Å². The molecule has 0 aliphatic rings. The molecule has 146 valence electrons. The zero-order valence-electron chi connectivity index (χ0n) is 15.6. The number of aromatic nitrogens is 3. The summed E-state index contributed by atoms with van der Waals surface area (Å²) in [5.74, 6) is 0.0571. The molecular formula is C20H18ClN7O. The fourth-order valence-corrected chi connectivity index (χ4v) is 3.30. The number of nitrogens with two attached hydrogens (primary N) is 2. The van der Waals surface area contributed by atoms with Crippen LogP contribution in [0.3, 0.4) is 0 Å². The minimum absolute atomic E-state index is 0.0344. The van der Waals surface area contributed by atoms with Crippen LogP contribution in [0.25, 0.3) is 16.5 Å². The van der Waals surface area contributed by atoms with E-state index in [1.54, 1.807) is 25.1 Å². The summed E-state index contributed by atoms with van der Waals surface area (Å²) in [6, 6.07) is 8.50. The number of allylic oxidation sites excluding steroid dienone is 2. The maximum absolute atomic E-state index is 13.2. The van der Waals surface area contributed by atoms with E-state index in [-0.39, 0.29) is 28.7 Å². The molecule has 0 aliphatic carbocycles. The average Bonchev–Trinajstić information content (AvgIpc) is 2.66. The molecule has 1 atom stereocenters. The van der Waals surface area contributed by atoms with Crippen molar-refractivity contribution in [3.63, 3.8) is 0 Å². The van der Waals surface area contributed by atoms with Crippen LogP contribution in [0.2, 0.25) is 5.02 Å². The summed E-state index contributed by atoms with van der Waals surface area (Å²) in [4.78, 5) is 21.0. The van der Waals surface area contributed by atoms with E-state index < -0.39 is 6.04 Å². The molecule has 1 aromatic carbocycles. The Morgan fingerprint density at radius 1 is 1.41 bits per heavy atom. The lowest BCUT2D eigenvalue weighted by Gasteiger charge is -2.22. The largest absolute Gasteiger partial charge is 0.382 e. The highest BCUT2D eigenvalue weighted by molar-refractivity contribution is 6.35. The molecule has 8 nitrogen and oxygen atoms in total. The van der Waals surface area contributed by atoms with Crippen molar-refractivity contribution in [1.29, 1.82) is 5.26 Å². The Bertz CT molecular complexity index is 1260. The Morgan fingerprint density at radius 2 is 2.14 bits per heavy atom. The second-order valence-electron chi connectivity index (χ2n) is 6.28. The van der Waals surface area contributed by atoms with Gasteiger partial charge in [-0.1, -0.05) is 36.9 Å². The van der Waals surface area contributed by atoms with E-state index in [1.807, 2.05) is 12.1 Å². The molecule has 0 amide bonds. The van der Waals surface area contributed by atoms with Crippen LogP contribution in [0.1, 0.15) is 24.2 Å². The summed E-state index contributed by atoms with van der Waals surface area (Å²) in [7, 11) is 0. The number of nitrogens with one attached hydrogen (secondary N) is 1. The summed E-state index contributed by atoms with van der Waals surface area (Å²) < 4.78 is 1.42. The lowest BCUT2D eigenvalue weighted by molar-refractivity contribution is 0.783. The van der Waals surface area contributed by atoms with Gasteiger partial charge in [0.05, 0.1) is 16.5 Å². The predicted molar refractivity (Wildman–Crippen MR) is 116 cm³/mol. The van der Waals surface area contributed by atoms with Crippen LogP contribution >= 0.6 is 11.6 Å². The van der Waals surface area contributed by atoms with Gasteiger partial charge in [0.15, 0.2) is 5.82 Å². The van der Waals surface area contributed by atoms with E-state index in [0.29, 0.717) is 27.2 Å². The van der Waals surface area contributed by atoms with Crippen LogP contribution < -0.4 is 22.3 Å². The van der Waals surface area contributed by atoms with E-state index in [9.17, 15) is 10.1 Å². The van der Waals surface area contributed by atoms with Gasteiger partial charge in [-0.2, -0.15) is 15.2 Å². The normalized spacial score (nSPS) is 11.6. The molecule has 0 fully saturated rings. The number of rotatable bonds is 5. The Labute approximate surface area is 171 Å². The van der Waals surface area contributed by atoms with Gasteiger partial charge in [0.25, 0.3) is 5.56 Å². The van der Waals surface area contributed by atoms with Crippen LogP contribution in [0.4, 0.5) is 17.6 Å². The van der Waals surface area contributed by atoms with Crippen molar-refractivity contribution in [2.75, 3.05) is 16.8 Å². The van der Waals surface area contributed by atoms with E-state index in [1.165, 1.54) is 10.6 Å². The second kappa shape index (κ2) is 7.66. The molecule has 1 unspecified atom stereocenters. The molecule has 5 N–H and O–H groups in total. The first-order chi connectivity index (χ1) is 13.8. The van der Waals surface area contributed by atoms with Crippen molar-refractivity contribution in [3.8, 4) is 6.07 Å². The molecule has 0 bridgehead atoms. The van der Waals surface area contributed by atoms with Crippen LogP contribution in [-0.2, 0) is 0 Å². The van der Waals surface area contributed by atoms with Crippen LogP contribution in [0, 0.1) is 11.3 Å². The number of hydrogen-bond acceptors (Lipinski definition) is 7. The molecule has 9 heteroatoms. The highest BCUT2D eigenvalue weighted by Crippen LogP contribution is 2.28. The van der Waals surface area contributed by atoms with Gasteiger partial charge in [0.1, 0.15) is 17.5 Å². The predicted octanol–water partition coefficient (Wildman–Crippen LogP) is 3.31. The maximum Gasteiger partial charge on any atom is 0.264 e. The highest BCUT2D eigenvalue weighted by atomic mass is 35.5. The van der Waals surface area contributed by atoms with Gasteiger partial charge >= 0.3 is 0 Å². The van der Waals surface area contributed by atoms with E-state index in [0.717, 1.165) is 0 Å². The Morgan fingerprint density at radius 3 is 2.79 bits per heavy atom. The smallest absolute Gasteiger partial charge is 0.264 e. The number of halogens is 1. The zero-order valence-corrected chi connectivity index (χ0v) is 16.4. The summed E-state index contributed by atoms with van der Waals surface area (Å²) in [6.07, 6.45) is 1.47. The Kier molecular flexibility index (Phi) is 5.26. The summed E-state index contributed by atoms with van der Waals surface area (Å²) >= 11 is 6.25. The minimum atomic E-state index is -0.483. The monoisotopic (exact) mass is 407 g/mol. The molecule has 0 aliphatic heterocycles. The van der Waals surface area contributed by atoms with Crippen molar-refractivity contribution < 1.29 is 0 Å². The summed E-state index contributed by atoms with van der Waals surface area (Å²) in [6.45, 7) is 9.41. The molecule has 2 heterocycles. The van der Waals surface area contributed by atoms with Crippen LogP contribution in [0.5, 0.6) is 0 Å². The lowest BCUT2D eigenvalue weighted by Crippen LogP contribution is -2.26. The van der Waals surface area contributed by atoms with E-state index >= 15 is 0 Å². The van der Waals surface area contributed by atoms with Crippen molar-refractivity contribution >= 4 is 45.7 Å². The third-order valence-corrected chi connectivity index (χ3v) is 4.73. The fourth-order valence-electron chi connectivity index (χ4n) is 3.04. The molecule has 3 rings (SSSR count). The zero-order chi connectivity index (χ0) is 21.3. The van der Waals surface area contributed by atoms with Crippen molar-refractivity contribution in [1.82, 2.24) is 14.5 Å². The van der Waals surface area contributed by atoms with Gasteiger partial charge in [0.2, 0.25) is 5.95 Å². The van der Waals surface area contributed by atoms with Crippen molar-refractivity contribution in [3.05, 3.63) is 70.1 Å². The average molecular weight is 408 g/mol. The first-order valence-corrected chi connectivity index (χ1v) is 8.91. The third kappa shape index (κ3) is 3.51. The minimum Gasteiger partial charge on any atom is -0.382 e. The number of benzene rings is 1. The molecule has 0 spiro atoms. The molecule has 3 aromatic rings. The number of nitriles is 1. The first-order valence-electron chi connectivity index (χ1n) is 8.54. The molecular weight excluding hydrogens is 390 g/mol. The number of anilines is 3. The molecule has 0 saturated heterocycles. The lowest BCUT2D eigenvalue weighted by atomic mass is 10.1. The number of nitrogens with zero attached hydrogens (tertiary/aromatic N) is 4. The third-order valence-electron chi connectivity index (χ3n) is 4.41. The van der Waals surface area contributed by atoms with E-state index in [2.05, 4.69) is 28.4 Å². The topological polar surface area (TPSA) is 136 Å². The van der Waals surface area contributed by atoms with E-state index in [4.69, 9.17) is 23.1 Å². The maximum atomic E-state index is 13.2. The van der Waals surface area contributed by atoms with Gasteiger partial charge in [-0.25, -0.2) is 0 Å². The standard InChI is InChI=1S/C20H18ClN7O/c1-4-10(2)28-15(8-12-6-5-7-14(21)16(12)19(28)29)11(3)25-18-13(9-22)17(23)26-20(24)27-18/h4-8,11H,1-2H2,3H3,(H5,23,24,25,26,27). The van der Waals surface area contributed by atoms with Crippen molar-refractivity contribution in [2.45, 2.75) is 13.0 Å². The van der Waals surface area contributed by atoms with Gasteiger partial charge in [-0.15, -0.1) is 0 Å². The SMILES string of the molecule is C=CC(=C)n1c(C(C)Nc2nc(N)nc(N)c2C#N)cc2cccc(Cl)c2c1=O. The summed E-state index contributed by atoms with van der Waals surface area (Å²) in [5.41, 5.74) is 12.1. The van der Waals surface area contributed by atoms with Gasteiger partial charge in [-0.05, 0) is 30.5 Å². The Balaban J connectivity index is 2.22. The highest BCUT2D eigenvalue weighted by Gasteiger charge is 2.20. The number of fused-ring (bicyclic) bond motifs is 1. The molecule has 0 radical (unpaired) electrons. The number of nitrogen functional groups attached to an aromatic ring is 2. The Hall–Kier alpha value is -3.83. The quantitative estimate of drug-likeness (QED) is 0.552. The van der Waals surface area contributed by atoms with Crippen LogP contribution in [-0.4, -0.2) is 14.5 Å².